The van der Waals surface area contributed by atoms with E-state index in [1.165, 1.54) is 0 Å². The Morgan fingerprint density at radius 3 is 2.00 bits per heavy atom. The molecule has 0 radical (unpaired) electrons. The quantitative estimate of drug-likeness (QED) is 0.623. The number of carbonyl (C=O) groups is 1. The smallest absolute Gasteiger partial charge is 0.446 e. The number of benzene rings is 2. The number of hydrogen-bond donors (Lipinski definition) is 1. The van der Waals surface area contributed by atoms with Gasteiger partial charge in [-0.15, -0.1) is 0 Å². The van der Waals surface area contributed by atoms with Crippen molar-refractivity contribution in [1.82, 2.24) is 4.90 Å². The van der Waals surface area contributed by atoms with Crippen molar-refractivity contribution in [3.05, 3.63) is 66.2 Å². The van der Waals surface area contributed by atoms with Crippen LogP contribution in [0.5, 0.6) is 0 Å². The van der Waals surface area contributed by atoms with Gasteiger partial charge in [0.15, 0.2) is 0 Å². The summed E-state index contributed by atoms with van der Waals surface area (Å²) in [6, 6.07) is 20.0. The molecular formula is C27H38BNO5. The number of ether oxygens (including phenoxy) is 1. The zero-order valence-electron chi connectivity index (χ0n) is 21.1. The van der Waals surface area contributed by atoms with Crippen LogP contribution in [0.1, 0.15) is 65.5 Å². The highest BCUT2D eigenvalue weighted by molar-refractivity contribution is 6.62. The Kier molecular flexibility index (Phi) is 8.80. The summed E-state index contributed by atoms with van der Waals surface area (Å²) in [4.78, 5) is 14.2. The summed E-state index contributed by atoms with van der Waals surface area (Å²) in [5, 5.41) is 8.94. The second kappa shape index (κ2) is 11.4. The van der Waals surface area contributed by atoms with E-state index in [0.29, 0.717) is 19.4 Å². The zero-order chi connectivity index (χ0) is 24.8. The van der Waals surface area contributed by atoms with Crippen LogP contribution in [0.3, 0.4) is 0 Å². The summed E-state index contributed by atoms with van der Waals surface area (Å²) >= 11 is 0. The van der Waals surface area contributed by atoms with Crippen molar-refractivity contribution in [2.45, 2.75) is 77.2 Å². The van der Waals surface area contributed by atoms with E-state index in [9.17, 15) is 4.79 Å². The van der Waals surface area contributed by atoms with Gasteiger partial charge < -0.3 is 24.1 Å². The van der Waals surface area contributed by atoms with Gasteiger partial charge in [-0.05, 0) is 58.5 Å². The molecule has 2 aliphatic rings. The second-order valence-electron chi connectivity index (χ2n) is 9.94. The van der Waals surface area contributed by atoms with Gasteiger partial charge in [-0.2, -0.15) is 0 Å². The number of hydrogen-bond acceptors (Lipinski definition) is 5. The Bertz CT molecular complexity index is 860. The molecule has 184 valence electrons. The van der Waals surface area contributed by atoms with E-state index in [2.05, 4.69) is 0 Å². The lowest BCUT2D eigenvalue weighted by Gasteiger charge is -2.35. The maximum Gasteiger partial charge on any atom is 0.494 e. The van der Waals surface area contributed by atoms with Crippen molar-refractivity contribution in [1.29, 1.82) is 0 Å². The Labute approximate surface area is 204 Å². The number of rotatable bonds is 6. The van der Waals surface area contributed by atoms with Crippen LogP contribution in [0.2, 0.25) is 0 Å². The average molecular weight is 467 g/mol. The van der Waals surface area contributed by atoms with Crippen LogP contribution in [0.4, 0.5) is 4.79 Å². The standard InChI is InChI=1S/C21H32BNO5.C6H6/c1-15(23-13-12-18(7-6-14-24)26-19(23)25)16-8-10-17(11-9-16)22-27-20(2,3)21(4,5)28-22;1-2-4-6-5-3-1/h8-11,15,18,24H,6-7,12-14H2,1-5H3;1-6H. The monoisotopic (exact) mass is 467 g/mol. The Balaban J connectivity index is 0.000000469. The van der Waals surface area contributed by atoms with Gasteiger partial charge in [0.25, 0.3) is 0 Å². The maximum atomic E-state index is 12.4. The van der Waals surface area contributed by atoms with E-state index >= 15 is 0 Å². The van der Waals surface area contributed by atoms with Gasteiger partial charge in [0.05, 0.1) is 17.2 Å². The van der Waals surface area contributed by atoms with Crippen LogP contribution in [-0.4, -0.2) is 53.7 Å². The molecule has 0 saturated carbocycles. The molecule has 6 nitrogen and oxygen atoms in total. The molecule has 1 amide bonds. The molecule has 0 aliphatic carbocycles. The normalized spacial score (nSPS) is 21.9. The third-order valence-electron chi connectivity index (χ3n) is 6.96. The summed E-state index contributed by atoms with van der Waals surface area (Å²) in [5.41, 5.74) is 1.28. The first-order valence-corrected chi connectivity index (χ1v) is 12.2. The zero-order valence-corrected chi connectivity index (χ0v) is 21.1. The van der Waals surface area contributed by atoms with E-state index in [4.69, 9.17) is 19.2 Å². The summed E-state index contributed by atoms with van der Waals surface area (Å²) in [5.74, 6) is 0. The molecule has 2 saturated heterocycles. The molecule has 1 N–H and O–H groups in total. The summed E-state index contributed by atoms with van der Waals surface area (Å²) in [7, 11) is -0.387. The summed E-state index contributed by atoms with van der Waals surface area (Å²) < 4.78 is 17.7. The van der Waals surface area contributed by atoms with Crippen molar-refractivity contribution in [3.8, 4) is 0 Å². The highest BCUT2D eigenvalue weighted by atomic mass is 16.7. The molecule has 2 aliphatic heterocycles. The molecule has 0 aromatic heterocycles. The van der Waals surface area contributed by atoms with E-state index < -0.39 is 0 Å². The molecule has 4 rings (SSSR count). The number of amides is 1. The van der Waals surface area contributed by atoms with E-state index in [1.54, 1.807) is 4.90 Å². The van der Waals surface area contributed by atoms with Crippen molar-refractivity contribution in [2.24, 2.45) is 0 Å². The minimum absolute atomic E-state index is 0.0707. The van der Waals surface area contributed by atoms with Crippen molar-refractivity contribution in [2.75, 3.05) is 13.2 Å². The predicted molar refractivity (Wildman–Crippen MR) is 135 cm³/mol. The Morgan fingerprint density at radius 1 is 1.00 bits per heavy atom. The predicted octanol–water partition coefficient (Wildman–Crippen LogP) is 4.72. The lowest BCUT2D eigenvalue weighted by atomic mass is 9.78. The summed E-state index contributed by atoms with van der Waals surface area (Å²) in [6.07, 6.45) is 1.80. The molecular weight excluding hydrogens is 429 g/mol. The fourth-order valence-electron chi connectivity index (χ4n) is 3.99. The van der Waals surface area contributed by atoms with Crippen LogP contribution in [0, 0.1) is 0 Å². The molecule has 2 fully saturated rings. The van der Waals surface area contributed by atoms with E-state index in [1.807, 2.05) is 95.3 Å². The lowest BCUT2D eigenvalue weighted by Crippen LogP contribution is -2.43. The van der Waals surface area contributed by atoms with Gasteiger partial charge in [-0.1, -0.05) is 60.7 Å². The highest BCUT2D eigenvalue weighted by Crippen LogP contribution is 2.36. The van der Waals surface area contributed by atoms with Crippen LogP contribution < -0.4 is 5.46 Å². The fourth-order valence-corrected chi connectivity index (χ4v) is 3.99. The largest absolute Gasteiger partial charge is 0.494 e. The molecule has 2 atom stereocenters. The van der Waals surface area contributed by atoms with Crippen molar-refractivity contribution < 1.29 is 23.9 Å². The molecule has 2 unspecified atom stereocenters. The number of aliphatic hydroxyl groups excluding tert-OH is 1. The third kappa shape index (κ3) is 6.41. The molecule has 0 spiro atoms. The number of cyclic esters (lactones) is 1. The van der Waals surface area contributed by atoms with E-state index in [0.717, 1.165) is 17.4 Å². The fraction of sp³-hybridized carbons (Fsp3) is 0.519. The van der Waals surface area contributed by atoms with Gasteiger partial charge in [-0.3, -0.25) is 0 Å². The second-order valence-corrected chi connectivity index (χ2v) is 9.94. The molecule has 34 heavy (non-hydrogen) atoms. The molecule has 2 aromatic rings. The van der Waals surface area contributed by atoms with Crippen LogP contribution in [0.25, 0.3) is 0 Å². The van der Waals surface area contributed by atoms with Crippen molar-refractivity contribution in [3.63, 3.8) is 0 Å². The summed E-state index contributed by atoms with van der Waals surface area (Å²) in [6.45, 7) is 11.0. The number of carbonyl (C=O) groups excluding carboxylic acids is 1. The van der Waals surface area contributed by atoms with Gasteiger partial charge in [0.1, 0.15) is 6.10 Å². The third-order valence-corrected chi connectivity index (χ3v) is 6.96. The van der Waals surface area contributed by atoms with Crippen LogP contribution in [0.15, 0.2) is 60.7 Å². The topological polar surface area (TPSA) is 68.2 Å². The van der Waals surface area contributed by atoms with Crippen LogP contribution in [-0.2, 0) is 14.0 Å². The minimum Gasteiger partial charge on any atom is -0.446 e. The number of aliphatic hydroxyl groups is 1. The Morgan fingerprint density at radius 2 is 1.53 bits per heavy atom. The average Bonchev–Trinajstić information content (AvgIpc) is 3.05. The molecule has 7 heteroatoms. The van der Waals surface area contributed by atoms with Crippen LogP contribution >= 0.6 is 0 Å². The van der Waals surface area contributed by atoms with Gasteiger partial charge >= 0.3 is 13.2 Å². The molecule has 2 aromatic carbocycles. The number of nitrogens with zero attached hydrogens (tertiary/aromatic N) is 1. The Hall–Kier alpha value is -2.35. The lowest BCUT2D eigenvalue weighted by molar-refractivity contribution is 0.00578. The van der Waals surface area contributed by atoms with Crippen molar-refractivity contribution >= 4 is 18.7 Å². The first-order chi connectivity index (χ1) is 16.1. The first kappa shape index (κ1) is 26.3. The van der Waals surface area contributed by atoms with Gasteiger partial charge in [-0.25, -0.2) is 4.79 Å². The maximum absolute atomic E-state index is 12.4. The first-order valence-electron chi connectivity index (χ1n) is 12.2. The minimum atomic E-state index is -0.387. The van der Waals surface area contributed by atoms with Gasteiger partial charge in [0, 0.05) is 19.6 Å². The van der Waals surface area contributed by atoms with Gasteiger partial charge in [0.2, 0.25) is 0 Å². The van der Waals surface area contributed by atoms with E-state index in [-0.39, 0.29) is 43.2 Å². The molecule has 0 bridgehead atoms. The SMILES string of the molecule is CC(c1ccc(B2OC(C)(C)C(C)(C)O2)cc1)N1CCC(CCCO)OC1=O.c1ccccc1. The highest BCUT2D eigenvalue weighted by Gasteiger charge is 2.51. The molecule has 2 heterocycles.